The molecule has 0 radical (unpaired) electrons. The first kappa shape index (κ1) is 27.9. The minimum atomic E-state index is -0.821. The number of rotatable bonds is 10. The van der Waals surface area contributed by atoms with Gasteiger partial charge < -0.3 is 14.2 Å². The molecule has 0 aliphatic rings. The van der Waals surface area contributed by atoms with E-state index in [1.165, 1.54) is 6.21 Å². The molecule has 0 spiro atoms. The van der Waals surface area contributed by atoms with Crippen LogP contribution in [0.3, 0.4) is 0 Å². The fourth-order valence-corrected chi connectivity index (χ4v) is 3.96. The van der Waals surface area contributed by atoms with Gasteiger partial charge in [-0.05, 0) is 67.1 Å². The van der Waals surface area contributed by atoms with Crippen LogP contribution < -0.4 is 19.6 Å². The second-order valence-electron chi connectivity index (χ2n) is 8.29. The molecule has 7 nitrogen and oxygen atoms in total. The Balaban J connectivity index is 1.31. The van der Waals surface area contributed by atoms with Gasteiger partial charge in [-0.25, -0.2) is 10.2 Å². The maximum absolute atomic E-state index is 12.6. The Morgan fingerprint density at radius 1 is 0.949 bits per heavy atom. The van der Waals surface area contributed by atoms with Gasteiger partial charge >= 0.3 is 5.97 Å². The molecule has 0 fully saturated rings. The predicted octanol–water partition coefficient (Wildman–Crippen LogP) is 6.82. The molecule has 4 aromatic carbocycles. The summed E-state index contributed by atoms with van der Waals surface area (Å²) in [7, 11) is 0. The van der Waals surface area contributed by atoms with Gasteiger partial charge in [-0.2, -0.15) is 5.10 Å². The summed E-state index contributed by atoms with van der Waals surface area (Å²) in [5, 5.41) is 4.29. The molecule has 0 bridgehead atoms. The minimum Gasteiger partial charge on any atom is -0.489 e. The van der Waals surface area contributed by atoms with Gasteiger partial charge in [0.25, 0.3) is 5.91 Å². The van der Waals surface area contributed by atoms with Crippen molar-refractivity contribution in [2.75, 3.05) is 0 Å². The van der Waals surface area contributed by atoms with E-state index in [1.54, 1.807) is 73.7 Å². The first-order valence-corrected chi connectivity index (χ1v) is 13.1. The molecule has 0 aliphatic heterocycles. The molecule has 0 saturated carbocycles. The van der Waals surface area contributed by atoms with Crippen molar-refractivity contribution in [1.29, 1.82) is 0 Å². The third-order valence-corrected chi connectivity index (χ3v) is 6.22. The fourth-order valence-electron chi connectivity index (χ4n) is 3.36. The maximum Gasteiger partial charge on any atom is 0.345 e. The Morgan fingerprint density at radius 2 is 1.64 bits per heavy atom. The molecular formula is C30H24BrClN2O5. The lowest BCUT2D eigenvalue weighted by molar-refractivity contribution is -0.127. The molecule has 0 heterocycles. The highest BCUT2D eigenvalue weighted by Gasteiger charge is 2.16. The van der Waals surface area contributed by atoms with Crippen LogP contribution in [0.25, 0.3) is 0 Å². The number of nitrogens with one attached hydrogen (secondary N) is 1. The average Bonchev–Trinajstić information content (AvgIpc) is 2.94. The molecule has 4 aromatic rings. The van der Waals surface area contributed by atoms with Crippen molar-refractivity contribution in [3.63, 3.8) is 0 Å². The number of hydrazone groups is 1. The summed E-state index contributed by atoms with van der Waals surface area (Å²) in [6.45, 7) is 2.07. The van der Waals surface area contributed by atoms with Crippen molar-refractivity contribution < 1.29 is 23.8 Å². The lowest BCUT2D eigenvalue weighted by Crippen LogP contribution is -2.33. The summed E-state index contributed by atoms with van der Waals surface area (Å²) in [5.74, 6) is 0.378. The second kappa shape index (κ2) is 13.6. The fraction of sp³-hybridized carbons (Fsp3) is 0.100. The highest BCUT2D eigenvalue weighted by Crippen LogP contribution is 2.24. The van der Waals surface area contributed by atoms with Crippen LogP contribution in [0.15, 0.2) is 107 Å². The maximum atomic E-state index is 12.6. The molecule has 1 amide bonds. The zero-order chi connectivity index (χ0) is 27.6. The van der Waals surface area contributed by atoms with Crippen molar-refractivity contribution in [2.45, 2.75) is 19.6 Å². The summed E-state index contributed by atoms with van der Waals surface area (Å²) < 4.78 is 17.8. The normalized spacial score (nSPS) is 11.6. The monoisotopic (exact) mass is 606 g/mol. The molecule has 1 atom stereocenters. The molecule has 0 saturated heterocycles. The lowest BCUT2D eigenvalue weighted by Gasteiger charge is -2.14. The highest BCUT2D eigenvalue weighted by molar-refractivity contribution is 9.10. The van der Waals surface area contributed by atoms with Crippen LogP contribution in [0.5, 0.6) is 17.2 Å². The standard InChI is InChI=1S/C30H24BrClN2O5/c1-20(38-25-14-12-24(13-15-25)37-19-21-7-3-2-4-8-21)29(35)34-33-18-22-17-23(31)11-16-28(22)39-30(36)26-9-5-6-10-27(26)32/h2-18,20H,19H2,1H3,(H,34,35). The summed E-state index contributed by atoms with van der Waals surface area (Å²) in [6, 6.07) is 28.5. The number of ether oxygens (including phenoxy) is 3. The van der Waals surface area contributed by atoms with E-state index in [0.29, 0.717) is 23.7 Å². The summed E-state index contributed by atoms with van der Waals surface area (Å²) in [5.41, 5.74) is 4.21. The van der Waals surface area contributed by atoms with E-state index in [-0.39, 0.29) is 16.3 Å². The average molecular weight is 608 g/mol. The van der Waals surface area contributed by atoms with Gasteiger partial charge in [-0.1, -0.05) is 70.0 Å². The van der Waals surface area contributed by atoms with Crippen LogP contribution in [-0.2, 0) is 11.4 Å². The Labute approximate surface area is 239 Å². The van der Waals surface area contributed by atoms with E-state index >= 15 is 0 Å². The number of hydrogen-bond donors (Lipinski definition) is 1. The van der Waals surface area contributed by atoms with Crippen molar-refractivity contribution >= 4 is 45.6 Å². The molecular weight excluding hydrogens is 584 g/mol. The zero-order valence-corrected chi connectivity index (χ0v) is 23.2. The van der Waals surface area contributed by atoms with Crippen LogP contribution >= 0.6 is 27.5 Å². The summed E-state index contributed by atoms with van der Waals surface area (Å²) in [6.07, 6.45) is 0.557. The zero-order valence-electron chi connectivity index (χ0n) is 20.8. The number of hydrogen-bond acceptors (Lipinski definition) is 6. The molecule has 1 N–H and O–H groups in total. The highest BCUT2D eigenvalue weighted by atomic mass is 79.9. The Hall–Kier alpha value is -4.14. The van der Waals surface area contributed by atoms with E-state index in [4.69, 9.17) is 25.8 Å². The summed E-state index contributed by atoms with van der Waals surface area (Å²) in [4.78, 5) is 25.1. The molecule has 39 heavy (non-hydrogen) atoms. The Kier molecular flexibility index (Phi) is 9.72. The van der Waals surface area contributed by atoms with Crippen molar-refractivity contribution in [2.24, 2.45) is 5.10 Å². The molecule has 198 valence electrons. The lowest BCUT2D eigenvalue weighted by atomic mass is 10.2. The minimum absolute atomic E-state index is 0.236. The van der Waals surface area contributed by atoms with E-state index in [0.717, 1.165) is 10.0 Å². The first-order chi connectivity index (χ1) is 18.9. The van der Waals surface area contributed by atoms with E-state index in [2.05, 4.69) is 26.5 Å². The van der Waals surface area contributed by atoms with Gasteiger partial charge in [0, 0.05) is 10.0 Å². The smallest absolute Gasteiger partial charge is 0.345 e. The molecule has 0 aromatic heterocycles. The summed E-state index contributed by atoms with van der Waals surface area (Å²) >= 11 is 9.49. The second-order valence-corrected chi connectivity index (χ2v) is 9.61. The van der Waals surface area contributed by atoms with E-state index in [9.17, 15) is 9.59 Å². The van der Waals surface area contributed by atoms with Crippen LogP contribution in [0, 0.1) is 0 Å². The Bertz CT molecular complexity index is 1460. The largest absolute Gasteiger partial charge is 0.489 e. The topological polar surface area (TPSA) is 86.2 Å². The number of nitrogens with zero attached hydrogens (tertiary/aromatic N) is 1. The van der Waals surface area contributed by atoms with Gasteiger partial charge in [0.1, 0.15) is 23.9 Å². The molecule has 1 unspecified atom stereocenters. The van der Waals surface area contributed by atoms with Gasteiger partial charge in [0.05, 0.1) is 16.8 Å². The van der Waals surface area contributed by atoms with Crippen LogP contribution in [0.4, 0.5) is 0 Å². The van der Waals surface area contributed by atoms with Crippen LogP contribution in [0.2, 0.25) is 5.02 Å². The van der Waals surface area contributed by atoms with Crippen molar-refractivity contribution in [3.05, 3.63) is 123 Å². The van der Waals surface area contributed by atoms with Gasteiger partial charge in [0.2, 0.25) is 0 Å². The quantitative estimate of drug-likeness (QED) is 0.0926. The third kappa shape index (κ3) is 8.17. The molecule has 0 aliphatic carbocycles. The molecule has 4 rings (SSSR count). The number of benzene rings is 4. The first-order valence-electron chi connectivity index (χ1n) is 11.9. The number of halogens is 2. The van der Waals surface area contributed by atoms with E-state index < -0.39 is 18.0 Å². The predicted molar refractivity (Wildman–Crippen MR) is 154 cm³/mol. The number of carbonyl (C=O) groups is 2. The van der Waals surface area contributed by atoms with Gasteiger partial charge in [0.15, 0.2) is 6.10 Å². The number of carbonyl (C=O) groups excluding carboxylic acids is 2. The molecule has 9 heteroatoms. The van der Waals surface area contributed by atoms with Crippen molar-refractivity contribution in [3.8, 4) is 17.2 Å². The van der Waals surface area contributed by atoms with Gasteiger partial charge in [-0.15, -0.1) is 0 Å². The number of amides is 1. The SMILES string of the molecule is CC(Oc1ccc(OCc2ccccc2)cc1)C(=O)NN=Cc1cc(Br)ccc1OC(=O)c1ccccc1Cl. The number of esters is 1. The van der Waals surface area contributed by atoms with Crippen LogP contribution in [-0.4, -0.2) is 24.2 Å². The van der Waals surface area contributed by atoms with Crippen LogP contribution in [0.1, 0.15) is 28.4 Å². The Morgan fingerprint density at radius 3 is 2.38 bits per heavy atom. The van der Waals surface area contributed by atoms with Crippen molar-refractivity contribution in [1.82, 2.24) is 5.43 Å². The van der Waals surface area contributed by atoms with E-state index in [1.807, 2.05) is 30.3 Å². The van der Waals surface area contributed by atoms with Gasteiger partial charge in [-0.3, -0.25) is 4.79 Å². The third-order valence-electron chi connectivity index (χ3n) is 5.40.